The zero-order valence-corrected chi connectivity index (χ0v) is 21.3. The Morgan fingerprint density at radius 1 is 0.833 bits per heavy atom. The van der Waals surface area contributed by atoms with Crippen molar-refractivity contribution in [1.29, 1.82) is 0 Å². The largest absolute Gasteiger partial charge is 0.308 e. The lowest BCUT2D eigenvalue weighted by Crippen LogP contribution is -2.72. The molecule has 0 amide bonds. The van der Waals surface area contributed by atoms with Crippen LogP contribution in [0, 0.1) is 0 Å². The number of hydrogen-bond donors (Lipinski definition) is 1. The summed E-state index contributed by atoms with van der Waals surface area (Å²) in [6.07, 6.45) is 7.09. The number of nitrogens with one attached hydrogen (secondary N) is 1. The topological polar surface area (TPSA) is 12.0 Å². The highest BCUT2D eigenvalue weighted by Crippen LogP contribution is 2.53. The second-order valence-corrected chi connectivity index (χ2v) is 17.4. The van der Waals surface area contributed by atoms with Crippen LogP contribution in [0.2, 0.25) is 16.6 Å². The van der Waals surface area contributed by atoms with Gasteiger partial charge in [0, 0.05) is 21.4 Å². The highest BCUT2D eigenvalue weighted by atomic mass is 28.3. The van der Waals surface area contributed by atoms with E-state index in [1.807, 2.05) is 0 Å². The first-order valence-corrected chi connectivity index (χ1v) is 13.7. The maximum atomic E-state index is 4.32. The molecule has 1 fully saturated rings. The summed E-state index contributed by atoms with van der Waals surface area (Å²) < 4.78 is 0. The van der Waals surface area contributed by atoms with Crippen LogP contribution in [0.5, 0.6) is 0 Å². The van der Waals surface area contributed by atoms with Crippen molar-refractivity contribution in [3.05, 3.63) is 10.8 Å². The van der Waals surface area contributed by atoms with Crippen LogP contribution in [0.15, 0.2) is 10.8 Å². The zero-order chi connectivity index (χ0) is 18.7. The van der Waals surface area contributed by atoms with Gasteiger partial charge in [-0.1, -0.05) is 71.6 Å². The smallest absolute Gasteiger partial charge is 0.0841 e. The van der Waals surface area contributed by atoms with E-state index in [0.29, 0.717) is 11.2 Å². The Bertz CT molecular complexity index is 405. The van der Waals surface area contributed by atoms with E-state index in [-0.39, 0.29) is 0 Å². The van der Waals surface area contributed by atoms with Gasteiger partial charge in [0.2, 0.25) is 0 Å². The van der Waals surface area contributed by atoms with Crippen LogP contribution >= 0.6 is 0 Å². The molecule has 0 aromatic rings. The lowest BCUT2D eigenvalue weighted by molar-refractivity contribution is 0.286. The standard InChI is InChI=1S/C21H45NSi2/c1-15(2)24(16(3)4,17(5)6)21(13-11-10-12-14-21)22-19(8)18(7)20(9)23/h15-17,19,22H,10-14H2,1-9,23H3. The summed E-state index contributed by atoms with van der Waals surface area (Å²) in [5.74, 6) is 0. The molecule has 1 nitrogen and oxygen atoms in total. The van der Waals surface area contributed by atoms with E-state index in [9.17, 15) is 0 Å². The van der Waals surface area contributed by atoms with Crippen molar-refractivity contribution in [1.82, 2.24) is 5.32 Å². The summed E-state index contributed by atoms with van der Waals surface area (Å²) >= 11 is 0. The van der Waals surface area contributed by atoms with E-state index in [1.54, 1.807) is 10.8 Å². The summed E-state index contributed by atoms with van der Waals surface area (Å²) in [6.45, 7) is 22.3. The SMILES string of the molecule is CC([SiH3])=C(C)C(C)NC1([Si](C(C)C)(C(C)C)C(C)C)CCCCC1. The van der Waals surface area contributed by atoms with E-state index < -0.39 is 8.07 Å². The Morgan fingerprint density at radius 2 is 1.25 bits per heavy atom. The highest BCUT2D eigenvalue weighted by Gasteiger charge is 2.58. The Hall–Kier alpha value is 0.134. The van der Waals surface area contributed by atoms with E-state index in [2.05, 4.69) is 67.6 Å². The van der Waals surface area contributed by atoms with E-state index in [0.717, 1.165) is 16.6 Å². The van der Waals surface area contributed by atoms with Crippen molar-refractivity contribution < 1.29 is 0 Å². The third-order valence-corrected chi connectivity index (χ3v) is 16.2. The Kier molecular flexibility index (Phi) is 8.02. The average Bonchev–Trinajstić information content (AvgIpc) is 2.46. The van der Waals surface area contributed by atoms with Gasteiger partial charge in [0.15, 0.2) is 0 Å². The molecule has 3 heteroatoms. The maximum Gasteiger partial charge on any atom is 0.0841 e. The first-order valence-electron chi connectivity index (χ1n) is 10.4. The lowest BCUT2D eigenvalue weighted by Gasteiger charge is -2.60. The van der Waals surface area contributed by atoms with Gasteiger partial charge in [-0.25, -0.2) is 0 Å². The summed E-state index contributed by atoms with van der Waals surface area (Å²) in [6, 6.07) is 0.531. The molecule has 142 valence electrons. The van der Waals surface area contributed by atoms with Gasteiger partial charge in [0.25, 0.3) is 0 Å². The quantitative estimate of drug-likeness (QED) is 0.582. The molecule has 1 N–H and O–H groups in total. The molecule has 1 atom stereocenters. The predicted octanol–water partition coefficient (Wildman–Crippen LogP) is 5.54. The van der Waals surface area contributed by atoms with Crippen LogP contribution in [-0.4, -0.2) is 29.5 Å². The van der Waals surface area contributed by atoms with E-state index >= 15 is 0 Å². The molecule has 1 saturated carbocycles. The molecule has 0 saturated heterocycles. The minimum atomic E-state index is -1.54. The van der Waals surface area contributed by atoms with Crippen molar-refractivity contribution in [2.24, 2.45) is 0 Å². The molecule has 0 bridgehead atoms. The zero-order valence-electron chi connectivity index (χ0n) is 18.3. The molecule has 0 aromatic carbocycles. The molecule has 1 aliphatic carbocycles. The van der Waals surface area contributed by atoms with Crippen LogP contribution in [0.4, 0.5) is 0 Å². The molecular formula is C21H45NSi2. The monoisotopic (exact) mass is 367 g/mol. The Balaban J connectivity index is 3.44. The highest BCUT2D eigenvalue weighted by molar-refractivity contribution is 6.86. The van der Waals surface area contributed by atoms with Gasteiger partial charge in [-0.3, -0.25) is 0 Å². The fourth-order valence-corrected chi connectivity index (χ4v) is 15.9. The molecule has 1 rings (SSSR count). The van der Waals surface area contributed by atoms with E-state index in [1.165, 1.54) is 42.3 Å². The summed E-state index contributed by atoms with van der Waals surface area (Å²) in [4.78, 5) is 0. The van der Waals surface area contributed by atoms with Gasteiger partial charge < -0.3 is 5.32 Å². The van der Waals surface area contributed by atoms with Crippen LogP contribution in [0.1, 0.15) is 94.4 Å². The first-order chi connectivity index (χ1) is 11.0. The van der Waals surface area contributed by atoms with E-state index in [4.69, 9.17) is 0 Å². The average molecular weight is 368 g/mol. The third kappa shape index (κ3) is 3.93. The van der Waals surface area contributed by atoms with Gasteiger partial charge in [-0.15, -0.1) is 0 Å². The molecule has 0 radical (unpaired) electrons. The fraction of sp³-hybridized carbons (Fsp3) is 0.905. The summed E-state index contributed by atoms with van der Waals surface area (Å²) in [5.41, 5.74) is 4.09. The van der Waals surface area contributed by atoms with Gasteiger partial charge in [-0.2, -0.15) is 0 Å². The van der Waals surface area contributed by atoms with Crippen molar-refractivity contribution >= 4 is 18.3 Å². The maximum absolute atomic E-state index is 4.32. The second kappa shape index (κ2) is 8.68. The Morgan fingerprint density at radius 3 is 1.58 bits per heavy atom. The van der Waals surface area contributed by atoms with Crippen LogP contribution in [0.3, 0.4) is 0 Å². The normalized spacial score (nSPS) is 21.5. The van der Waals surface area contributed by atoms with Crippen LogP contribution in [-0.2, 0) is 0 Å². The van der Waals surface area contributed by atoms with Crippen molar-refractivity contribution in [3.8, 4) is 0 Å². The number of rotatable bonds is 7. The molecular weight excluding hydrogens is 322 g/mol. The molecule has 24 heavy (non-hydrogen) atoms. The van der Waals surface area contributed by atoms with Crippen LogP contribution in [0.25, 0.3) is 0 Å². The fourth-order valence-electron chi connectivity index (χ4n) is 6.47. The molecule has 0 spiro atoms. The Labute approximate surface area is 156 Å². The predicted molar refractivity (Wildman–Crippen MR) is 118 cm³/mol. The minimum Gasteiger partial charge on any atom is -0.308 e. The summed E-state index contributed by atoms with van der Waals surface area (Å²) in [5, 5.41) is 6.36. The van der Waals surface area contributed by atoms with Crippen molar-refractivity contribution in [2.75, 3.05) is 0 Å². The minimum absolute atomic E-state index is 0.416. The number of hydrogen-bond acceptors (Lipinski definition) is 1. The molecule has 0 heterocycles. The van der Waals surface area contributed by atoms with Gasteiger partial charge in [0.05, 0.1) is 8.07 Å². The first kappa shape index (κ1) is 22.2. The molecule has 0 aliphatic heterocycles. The molecule has 1 aliphatic rings. The summed E-state index contributed by atoms with van der Waals surface area (Å²) in [7, 11) is -0.352. The lowest BCUT2D eigenvalue weighted by atomic mass is 9.93. The molecule has 0 aromatic heterocycles. The molecule has 1 unspecified atom stereocenters. The third-order valence-electron chi connectivity index (χ3n) is 7.33. The van der Waals surface area contributed by atoms with Crippen LogP contribution < -0.4 is 5.32 Å². The van der Waals surface area contributed by atoms with Crippen molar-refractivity contribution in [3.63, 3.8) is 0 Å². The number of allylic oxidation sites excluding steroid dienone is 1. The van der Waals surface area contributed by atoms with Gasteiger partial charge >= 0.3 is 0 Å². The van der Waals surface area contributed by atoms with Gasteiger partial charge in [-0.05, 0) is 50.2 Å². The second-order valence-electron chi connectivity index (χ2n) is 9.59. The van der Waals surface area contributed by atoms with Crippen molar-refractivity contribution in [2.45, 2.75) is 122 Å². The van der Waals surface area contributed by atoms with Gasteiger partial charge in [0.1, 0.15) is 0 Å².